The summed E-state index contributed by atoms with van der Waals surface area (Å²) in [5.74, 6) is -0.148. The number of fused-ring (bicyclic) bond motifs is 1. The minimum Gasteiger partial charge on any atom is -0.507 e. The van der Waals surface area contributed by atoms with Gasteiger partial charge in [0.25, 0.3) is 5.91 Å². The number of carbonyl (C=O) groups excluding carboxylic acids is 2. The molecule has 1 saturated heterocycles. The highest BCUT2D eigenvalue weighted by Crippen LogP contribution is 2.40. The minimum atomic E-state index is -0.404. The molecule has 0 aliphatic carbocycles. The van der Waals surface area contributed by atoms with E-state index in [0.29, 0.717) is 36.6 Å². The zero-order valence-corrected chi connectivity index (χ0v) is 17.7. The normalized spacial score (nSPS) is 20.2. The fraction of sp³-hybridized carbons (Fsp3) is 0.364. The predicted octanol–water partition coefficient (Wildman–Crippen LogP) is 1.63. The molecule has 0 bridgehead atoms. The molecule has 5 N–H and O–H groups in total. The van der Waals surface area contributed by atoms with Gasteiger partial charge < -0.3 is 30.9 Å². The predicted molar refractivity (Wildman–Crippen MR) is 118 cm³/mol. The van der Waals surface area contributed by atoms with Gasteiger partial charge in [0.2, 0.25) is 5.78 Å². The van der Waals surface area contributed by atoms with E-state index in [1.807, 2.05) is 0 Å². The molecule has 2 atom stereocenters. The summed E-state index contributed by atoms with van der Waals surface area (Å²) in [5, 5.41) is 16.5. The fourth-order valence-electron chi connectivity index (χ4n) is 3.75. The maximum Gasteiger partial charge on any atom is 0.251 e. The lowest BCUT2D eigenvalue weighted by atomic mass is 9.99. The fourth-order valence-corrected chi connectivity index (χ4v) is 3.75. The van der Waals surface area contributed by atoms with Gasteiger partial charge in [0.1, 0.15) is 24.5 Å². The van der Waals surface area contributed by atoms with Crippen LogP contribution in [-0.4, -0.2) is 55.2 Å². The number of aromatic hydroxyl groups is 1. The SMILES string of the molecule is Cl.N[C@@H]1CNCCC[C@H]1NC(=O)c1ccc(C(=O)c2c(O)ccc3c2OCCO3)cc1. The van der Waals surface area contributed by atoms with E-state index in [-0.39, 0.29) is 47.5 Å². The quantitative estimate of drug-likeness (QED) is 0.525. The lowest BCUT2D eigenvalue weighted by Gasteiger charge is -2.22. The Morgan fingerprint density at radius 1 is 1.06 bits per heavy atom. The van der Waals surface area contributed by atoms with Crippen LogP contribution in [0.15, 0.2) is 36.4 Å². The van der Waals surface area contributed by atoms with E-state index in [9.17, 15) is 14.7 Å². The second-order valence-corrected chi connectivity index (χ2v) is 7.48. The van der Waals surface area contributed by atoms with Gasteiger partial charge in [-0.05, 0) is 43.7 Å². The van der Waals surface area contributed by atoms with Crippen molar-refractivity contribution >= 4 is 24.1 Å². The molecule has 2 aromatic carbocycles. The van der Waals surface area contributed by atoms with Crippen molar-refractivity contribution in [3.63, 3.8) is 0 Å². The van der Waals surface area contributed by atoms with Crippen LogP contribution in [0.2, 0.25) is 0 Å². The molecule has 2 aliphatic rings. The van der Waals surface area contributed by atoms with Crippen molar-refractivity contribution in [3.05, 3.63) is 53.1 Å². The van der Waals surface area contributed by atoms with Crippen LogP contribution in [0.25, 0.3) is 0 Å². The standard InChI is InChI=1S/C22H25N3O5.ClH/c23-15-12-24-9-1-2-16(15)25-22(28)14-5-3-13(4-6-14)20(27)19-17(26)7-8-18-21(19)30-11-10-29-18;/h3-8,15-16,24,26H,1-2,9-12,23H2,(H,25,28);1H/t15-,16-;/m1./s1. The number of amides is 1. The molecule has 2 aromatic rings. The van der Waals surface area contributed by atoms with Crippen LogP contribution in [0.5, 0.6) is 17.2 Å². The highest BCUT2D eigenvalue weighted by molar-refractivity contribution is 6.13. The zero-order chi connectivity index (χ0) is 21.1. The van der Waals surface area contributed by atoms with E-state index in [0.717, 1.165) is 19.4 Å². The summed E-state index contributed by atoms with van der Waals surface area (Å²) in [5.41, 5.74) is 6.97. The number of benzene rings is 2. The van der Waals surface area contributed by atoms with E-state index in [1.165, 1.54) is 6.07 Å². The average Bonchev–Trinajstić information content (AvgIpc) is 2.97. The molecule has 2 aliphatic heterocycles. The van der Waals surface area contributed by atoms with Crippen molar-refractivity contribution in [2.24, 2.45) is 5.73 Å². The van der Waals surface area contributed by atoms with Crippen LogP contribution < -0.4 is 25.8 Å². The van der Waals surface area contributed by atoms with Gasteiger partial charge in [0.15, 0.2) is 11.5 Å². The molecule has 0 spiro atoms. The van der Waals surface area contributed by atoms with Gasteiger partial charge in [-0.2, -0.15) is 0 Å². The van der Waals surface area contributed by atoms with Crippen molar-refractivity contribution in [1.82, 2.24) is 10.6 Å². The summed E-state index contributed by atoms with van der Waals surface area (Å²) >= 11 is 0. The Bertz CT molecular complexity index is 951. The third-order valence-electron chi connectivity index (χ3n) is 5.41. The third-order valence-corrected chi connectivity index (χ3v) is 5.41. The lowest BCUT2D eigenvalue weighted by Crippen LogP contribution is -2.50. The van der Waals surface area contributed by atoms with Crippen molar-refractivity contribution in [2.45, 2.75) is 24.9 Å². The first kappa shape index (κ1) is 22.9. The summed E-state index contributed by atoms with van der Waals surface area (Å²) in [6, 6.07) is 9.04. The topological polar surface area (TPSA) is 123 Å². The van der Waals surface area contributed by atoms with Crippen LogP contribution in [0.1, 0.15) is 39.1 Å². The van der Waals surface area contributed by atoms with Crippen LogP contribution in [0.4, 0.5) is 0 Å². The molecule has 0 radical (unpaired) electrons. The first-order chi connectivity index (χ1) is 14.5. The van der Waals surface area contributed by atoms with Crippen LogP contribution in [0, 0.1) is 0 Å². The largest absolute Gasteiger partial charge is 0.507 e. The Hall–Kier alpha value is -2.81. The number of hydrogen-bond acceptors (Lipinski definition) is 7. The second kappa shape index (κ2) is 10.00. The number of hydrogen-bond donors (Lipinski definition) is 4. The third kappa shape index (κ3) is 4.92. The van der Waals surface area contributed by atoms with Crippen molar-refractivity contribution in [1.29, 1.82) is 0 Å². The number of halogens is 1. The van der Waals surface area contributed by atoms with Crippen LogP contribution >= 0.6 is 12.4 Å². The molecule has 2 heterocycles. The van der Waals surface area contributed by atoms with Gasteiger partial charge >= 0.3 is 0 Å². The maximum absolute atomic E-state index is 13.0. The van der Waals surface area contributed by atoms with Crippen molar-refractivity contribution in [3.8, 4) is 17.2 Å². The summed E-state index contributed by atoms with van der Waals surface area (Å²) in [6.07, 6.45) is 1.76. The summed E-state index contributed by atoms with van der Waals surface area (Å²) in [6.45, 7) is 2.24. The molecular formula is C22H26ClN3O5. The van der Waals surface area contributed by atoms with Gasteiger partial charge in [-0.25, -0.2) is 0 Å². The maximum atomic E-state index is 13.0. The zero-order valence-electron chi connectivity index (χ0n) is 16.9. The van der Waals surface area contributed by atoms with Crippen LogP contribution in [-0.2, 0) is 0 Å². The highest BCUT2D eigenvalue weighted by Gasteiger charge is 2.26. The van der Waals surface area contributed by atoms with E-state index in [4.69, 9.17) is 15.2 Å². The average molecular weight is 448 g/mol. The number of nitrogens with one attached hydrogen (secondary N) is 2. The monoisotopic (exact) mass is 447 g/mol. The smallest absolute Gasteiger partial charge is 0.251 e. The van der Waals surface area contributed by atoms with Crippen molar-refractivity contribution < 1.29 is 24.2 Å². The van der Waals surface area contributed by atoms with E-state index in [1.54, 1.807) is 30.3 Å². The highest BCUT2D eigenvalue weighted by atomic mass is 35.5. The number of ether oxygens (including phenoxy) is 2. The lowest BCUT2D eigenvalue weighted by molar-refractivity contribution is 0.0928. The van der Waals surface area contributed by atoms with Gasteiger partial charge in [-0.15, -0.1) is 12.4 Å². The molecule has 0 unspecified atom stereocenters. The number of rotatable bonds is 4. The van der Waals surface area contributed by atoms with Gasteiger partial charge in [-0.3, -0.25) is 9.59 Å². The second-order valence-electron chi connectivity index (χ2n) is 7.48. The number of phenols is 1. The summed E-state index contributed by atoms with van der Waals surface area (Å²) in [7, 11) is 0. The van der Waals surface area contributed by atoms with Gasteiger partial charge in [-0.1, -0.05) is 12.1 Å². The Morgan fingerprint density at radius 2 is 1.77 bits per heavy atom. The Balaban J connectivity index is 0.00000272. The Kier molecular flexibility index (Phi) is 7.37. The molecule has 4 rings (SSSR count). The molecule has 1 amide bonds. The van der Waals surface area contributed by atoms with E-state index < -0.39 is 5.78 Å². The molecular weight excluding hydrogens is 422 g/mol. The summed E-state index contributed by atoms with van der Waals surface area (Å²) < 4.78 is 11.0. The molecule has 8 nitrogen and oxygen atoms in total. The minimum absolute atomic E-state index is 0. The first-order valence-corrected chi connectivity index (χ1v) is 10.1. The molecule has 9 heteroatoms. The Labute approximate surface area is 186 Å². The number of carbonyl (C=O) groups is 2. The first-order valence-electron chi connectivity index (χ1n) is 10.1. The van der Waals surface area contributed by atoms with Gasteiger partial charge in [0, 0.05) is 29.8 Å². The number of phenolic OH excluding ortho intramolecular Hbond substituents is 1. The molecule has 31 heavy (non-hydrogen) atoms. The van der Waals surface area contributed by atoms with Crippen molar-refractivity contribution in [2.75, 3.05) is 26.3 Å². The summed E-state index contributed by atoms with van der Waals surface area (Å²) in [4.78, 5) is 25.6. The molecule has 0 saturated carbocycles. The number of ketones is 1. The molecule has 0 aromatic heterocycles. The Morgan fingerprint density at radius 3 is 2.55 bits per heavy atom. The van der Waals surface area contributed by atoms with E-state index in [2.05, 4.69) is 10.6 Å². The van der Waals surface area contributed by atoms with Crippen LogP contribution in [0.3, 0.4) is 0 Å². The molecule has 166 valence electrons. The molecule has 1 fully saturated rings. The number of nitrogens with two attached hydrogens (primary N) is 1. The van der Waals surface area contributed by atoms with Gasteiger partial charge in [0.05, 0.1) is 0 Å². The van der Waals surface area contributed by atoms with E-state index >= 15 is 0 Å².